The number of nitrogens with one attached hydrogen (secondary N) is 1. The molecule has 1 aliphatic rings. The molecule has 0 aromatic carbocycles. The van der Waals surface area contributed by atoms with Gasteiger partial charge in [0.15, 0.2) is 5.96 Å². The lowest BCUT2D eigenvalue weighted by Gasteiger charge is -2.21. The minimum absolute atomic E-state index is 0.587. The van der Waals surface area contributed by atoms with E-state index in [0.29, 0.717) is 19.1 Å². The van der Waals surface area contributed by atoms with Crippen LogP contribution in [0.3, 0.4) is 0 Å². The van der Waals surface area contributed by atoms with Crippen molar-refractivity contribution in [3.8, 4) is 0 Å². The molecule has 1 aromatic heterocycles. The minimum atomic E-state index is 0.587. The van der Waals surface area contributed by atoms with Crippen LogP contribution in [0.25, 0.3) is 0 Å². The van der Waals surface area contributed by atoms with Crippen molar-refractivity contribution in [3.05, 3.63) is 16.1 Å². The number of aromatic nitrogens is 1. The lowest BCUT2D eigenvalue weighted by molar-refractivity contribution is 0.0536. The number of nitrogens with zero attached hydrogens (tertiary/aromatic N) is 3. The van der Waals surface area contributed by atoms with Crippen LogP contribution in [0.1, 0.15) is 30.0 Å². The fourth-order valence-corrected chi connectivity index (χ4v) is 3.82. The van der Waals surface area contributed by atoms with Gasteiger partial charge in [-0.05, 0) is 32.6 Å². The van der Waals surface area contributed by atoms with E-state index in [1.54, 1.807) is 18.4 Å². The third-order valence-corrected chi connectivity index (χ3v) is 5.38. The zero-order valence-corrected chi connectivity index (χ0v) is 16.6. The number of rotatable bonds is 10. The Balaban J connectivity index is 1.58. The van der Waals surface area contributed by atoms with Gasteiger partial charge in [-0.15, -0.1) is 11.3 Å². The van der Waals surface area contributed by atoms with Gasteiger partial charge in [0.1, 0.15) is 0 Å². The predicted octanol–water partition coefficient (Wildman–Crippen LogP) is 2.33. The first-order valence-corrected chi connectivity index (χ1v) is 10.0. The van der Waals surface area contributed by atoms with Crippen LogP contribution in [0.2, 0.25) is 0 Å². The van der Waals surface area contributed by atoms with Crippen LogP contribution in [0.5, 0.6) is 0 Å². The van der Waals surface area contributed by atoms with E-state index in [1.807, 2.05) is 7.05 Å². The number of aliphatic imine (C=N–C) groups is 1. The topological polar surface area (TPSA) is 59.0 Å². The maximum absolute atomic E-state index is 5.66. The van der Waals surface area contributed by atoms with E-state index in [1.165, 1.54) is 5.01 Å². The molecular weight excluding hydrogens is 336 g/mol. The van der Waals surface area contributed by atoms with Gasteiger partial charge in [-0.25, -0.2) is 4.98 Å². The molecule has 1 atom stereocenters. The number of hydrogen-bond acceptors (Lipinski definition) is 5. The van der Waals surface area contributed by atoms with Crippen LogP contribution < -0.4 is 5.32 Å². The number of ether oxygens (including phenoxy) is 2. The minimum Gasteiger partial charge on any atom is -0.382 e. The monoisotopic (exact) mass is 368 g/mol. The molecule has 0 radical (unpaired) electrons. The first-order valence-electron chi connectivity index (χ1n) is 9.16. The Labute approximate surface area is 155 Å². The van der Waals surface area contributed by atoms with E-state index in [0.717, 1.165) is 63.6 Å². The molecule has 2 rings (SSSR count). The molecule has 0 aliphatic carbocycles. The highest BCUT2D eigenvalue weighted by molar-refractivity contribution is 7.09. The van der Waals surface area contributed by atoms with Crippen LogP contribution >= 0.6 is 11.3 Å². The number of thiazole rings is 1. The van der Waals surface area contributed by atoms with Gasteiger partial charge >= 0.3 is 0 Å². The molecule has 1 unspecified atom stereocenters. The van der Waals surface area contributed by atoms with Crippen molar-refractivity contribution in [1.29, 1.82) is 0 Å². The zero-order valence-electron chi connectivity index (χ0n) is 15.8. The Morgan fingerprint density at radius 2 is 2.32 bits per heavy atom. The van der Waals surface area contributed by atoms with Crippen LogP contribution in [0.4, 0.5) is 0 Å². The summed E-state index contributed by atoms with van der Waals surface area (Å²) >= 11 is 1.77. The molecule has 1 saturated heterocycles. The number of aryl methyl sites for hydroxylation is 2. The van der Waals surface area contributed by atoms with E-state index in [2.05, 4.69) is 32.5 Å². The third kappa shape index (κ3) is 7.30. The molecule has 1 aromatic rings. The fourth-order valence-electron chi connectivity index (χ4n) is 3.00. The van der Waals surface area contributed by atoms with Crippen LogP contribution in [-0.4, -0.2) is 69.5 Å². The molecule has 1 aliphatic heterocycles. The summed E-state index contributed by atoms with van der Waals surface area (Å²) in [7, 11) is 3.57. The number of unbranched alkanes of at least 4 members (excludes halogenated alkanes) is 1. The van der Waals surface area contributed by atoms with Crippen molar-refractivity contribution in [3.63, 3.8) is 0 Å². The van der Waals surface area contributed by atoms with Gasteiger partial charge in [-0.3, -0.25) is 4.99 Å². The van der Waals surface area contributed by atoms with Crippen molar-refractivity contribution >= 4 is 17.3 Å². The molecule has 0 saturated carbocycles. The number of guanidine groups is 1. The highest BCUT2D eigenvalue weighted by Gasteiger charge is 2.24. The van der Waals surface area contributed by atoms with Crippen molar-refractivity contribution in [2.45, 2.75) is 32.6 Å². The van der Waals surface area contributed by atoms with Crippen molar-refractivity contribution in [2.24, 2.45) is 10.9 Å². The lowest BCUT2D eigenvalue weighted by atomic mass is 10.1. The van der Waals surface area contributed by atoms with E-state index < -0.39 is 0 Å². The molecular formula is C18H32N4O2S. The molecule has 0 spiro atoms. The Kier molecular flexibility index (Phi) is 9.21. The van der Waals surface area contributed by atoms with Gasteiger partial charge in [0.05, 0.1) is 24.8 Å². The normalized spacial score (nSPS) is 18.1. The summed E-state index contributed by atoms with van der Waals surface area (Å²) in [4.78, 5) is 11.3. The van der Waals surface area contributed by atoms with Gasteiger partial charge < -0.3 is 19.7 Å². The van der Waals surface area contributed by atoms with E-state index in [9.17, 15) is 0 Å². The summed E-state index contributed by atoms with van der Waals surface area (Å²) in [5.74, 6) is 1.60. The molecule has 1 fully saturated rings. The van der Waals surface area contributed by atoms with Crippen molar-refractivity contribution in [1.82, 2.24) is 15.2 Å². The molecule has 6 nitrogen and oxygen atoms in total. The first-order chi connectivity index (χ1) is 12.2. The average Bonchev–Trinajstić information content (AvgIpc) is 3.24. The Morgan fingerprint density at radius 3 is 3.04 bits per heavy atom. The van der Waals surface area contributed by atoms with Crippen molar-refractivity contribution < 1.29 is 9.47 Å². The van der Waals surface area contributed by atoms with Crippen LogP contribution in [0.15, 0.2) is 10.4 Å². The predicted molar refractivity (Wildman–Crippen MR) is 104 cm³/mol. The molecule has 142 valence electrons. The summed E-state index contributed by atoms with van der Waals surface area (Å²) in [5, 5.41) is 6.87. The average molecular weight is 369 g/mol. The second-order valence-corrected chi connectivity index (χ2v) is 7.42. The van der Waals surface area contributed by atoms with Gasteiger partial charge in [0.2, 0.25) is 0 Å². The summed E-state index contributed by atoms with van der Waals surface area (Å²) < 4.78 is 10.7. The highest BCUT2D eigenvalue weighted by atomic mass is 32.1. The second-order valence-electron chi connectivity index (χ2n) is 6.48. The first kappa shape index (κ1) is 20.1. The van der Waals surface area contributed by atoms with Crippen molar-refractivity contribution in [2.75, 3.05) is 53.6 Å². The molecule has 2 heterocycles. The van der Waals surface area contributed by atoms with Gasteiger partial charge in [0.25, 0.3) is 0 Å². The largest absolute Gasteiger partial charge is 0.382 e. The quantitative estimate of drug-likeness (QED) is 0.390. The number of hydrogen-bond donors (Lipinski definition) is 1. The zero-order chi connectivity index (χ0) is 17.9. The summed E-state index contributed by atoms with van der Waals surface area (Å²) in [6.07, 6.45) is 4.53. The summed E-state index contributed by atoms with van der Waals surface area (Å²) in [5.41, 5.74) is 1.13. The summed E-state index contributed by atoms with van der Waals surface area (Å²) in [6, 6.07) is 0. The smallest absolute Gasteiger partial charge is 0.193 e. The Morgan fingerprint density at radius 1 is 1.44 bits per heavy atom. The Bertz CT molecular complexity index is 521. The van der Waals surface area contributed by atoms with Gasteiger partial charge in [0, 0.05) is 50.8 Å². The standard InChI is InChI=1S/C18H32N4O2S/c1-15-14-25-17(21-15)6-4-5-8-20-18(19-2)22-9-7-16(12-22)13-24-11-10-23-3/h14,16H,4-13H2,1-3H3,(H,19,20). The van der Waals surface area contributed by atoms with E-state index in [4.69, 9.17) is 9.47 Å². The second kappa shape index (κ2) is 11.4. The number of methoxy groups -OCH3 is 1. The molecule has 0 bridgehead atoms. The third-order valence-electron chi connectivity index (χ3n) is 4.35. The highest BCUT2D eigenvalue weighted by Crippen LogP contribution is 2.16. The van der Waals surface area contributed by atoms with Gasteiger partial charge in [-0.2, -0.15) is 0 Å². The maximum Gasteiger partial charge on any atom is 0.193 e. The SMILES string of the molecule is CN=C(NCCCCc1nc(C)cs1)N1CCC(COCCOC)C1. The molecule has 7 heteroatoms. The van der Waals surface area contributed by atoms with E-state index >= 15 is 0 Å². The van der Waals surface area contributed by atoms with Crippen LogP contribution in [-0.2, 0) is 15.9 Å². The lowest BCUT2D eigenvalue weighted by Crippen LogP contribution is -2.40. The summed E-state index contributed by atoms with van der Waals surface area (Å²) in [6.45, 7) is 7.24. The van der Waals surface area contributed by atoms with Gasteiger partial charge in [-0.1, -0.05) is 0 Å². The molecule has 0 amide bonds. The Hall–Kier alpha value is -1.18. The van der Waals surface area contributed by atoms with E-state index in [-0.39, 0.29) is 0 Å². The number of likely N-dealkylation sites (tertiary alicyclic amines) is 1. The fraction of sp³-hybridized carbons (Fsp3) is 0.778. The van der Waals surface area contributed by atoms with Crippen LogP contribution in [0, 0.1) is 12.8 Å². The molecule has 1 N–H and O–H groups in total. The molecule has 25 heavy (non-hydrogen) atoms. The maximum atomic E-state index is 5.66.